The molecule has 0 aromatic heterocycles. The van der Waals surface area contributed by atoms with E-state index >= 15 is 0 Å². The van der Waals surface area contributed by atoms with Crippen LogP contribution in [0.4, 0.5) is 0 Å². The molecule has 3 aromatic carbocycles. The van der Waals surface area contributed by atoms with Gasteiger partial charge in [-0.05, 0) is 55.4 Å². The van der Waals surface area contributed by atoms with Crippen LogP contribution in [0.25, 0.3) is 12.2 Å². The first-order valence-electron chi connectivity index (χ1n) is 13.1. The number of unbranched alkanes of at least 4 members (excludes halogenated alkanes) is 1. The summed E-state index contributed by atoms with van der Waals surface area (Å²) in [6, 6.07) is 22.5. The number of rotatable bonds is 14. The lowest BCUT2D eigenvalue weighted by atomic mass is 10.0. The van der Waals surface area contributed by atoms with Crippen LogP contribution in [-0.2, 0) is 21.4 Å². The predicted octanol–water partition coefficient (Wildman–Crippen LogP) is 4.75. The molecular formula is C31H37N3O4S. The van der Waals surface area contributed by atoms with Crippen molar-refractivity contribution < 1.29 is 18.0 Å². The van der Waals surface area contributed by atoms with Crippen LogP contribution in [0.5, 0.6) is 0 Å². The molecule has 3 rings (SSSR count). The second kappa shape index (κ2) is 14.5. The van der Waals surface area contributed by atoms with Gasteiger partial charge in [0.15, 0.2) is 5.78 Å². The first kappa shape index (κ1) is 30.0. The van der Waals surface area contributed by atoms with Crippen molar-refractivity contribution in [1.82, 2.24) is 14.9 Å². The first-order chi connectivity index (χ1) is 18.7. The number of carbonyl (C=O) groups is 2. The van der Waals surface area contributed by atoms with Crippen LogP contribution in [0.1, 0.15) is 53.2 Å². The van der Waals surface area contributed by atoms with Crippen molar-refractivity contribution in [2.75, 3.05) is 20.6 Å². The largest absolute Gasteiger partial charge is 0.342 e. The van der Waals surface area contributed by atoms with Gasteiger partial charge in [-0.25, -0.2) is 13.1 Å². The Morgan fingerprint density at radius 3 is 2.23 bits per heavy atom. The number of amides is 1. The van der Waals surface area contributed by atoms with E-state index in [1.807, 2.05) is 57.4 Å². The summed E-state index contributed by atoms with van der Waals surface area (Å²) in [4.78, 5) is 28.5. The van der Waals surface area contributed by atoms with Gasteiger partial charge in [0, 0.05) is 12.1 Å². The number of sulfonamides is 1. The molecule has 1 atom stereocenters. The van der Waals surface area contributed by atoms with E-state index in [0.717, 1.165) is 24.1 Å². The van der Waals surface area contributed by atoms with Gasteiger partial charge in [-0.1, -0.05) is 92.6 Å². The molecule has 8 heteroatoms. The fraction of sp³-hybridized carbons (Fsp3) is 0.290. The third-order valence-corrected chi connectivity index (χ3v) is 7.59. The molecule has 1 amide bonds. The molecule has 0 saturated carbocycles. The van der Waals surface area contributed by atoms with Gasteiger partial charge in [-0.2, -0.15) is 0 Å². The van der Waals surface area contributed by atoms with Gasteiger partial charge in [0.25, 0.3) is 5.91 Å². The Balaban J connectivity index is 1.71. The molecule has 206 valence electrons. The predicted molar refractivity (Wildman–Crippen MR) is 157 cm³/mol. The SMILES string of the molecule is CCCCC(NC(=O)c1ccccc1C=Cc1ccc(CN(C)C)cc1)C(=O)CNS(=O)(=O)c1ccccc1. The van der Waals surface area contributed by atoms with Crippen molar-refractivity contribution in [3.05, 3.63) is 101 Å². The molecule has 7 nitrogen and oxygen atoms in total. The van der Waals surface area contributed by atoms with Gasteiger partial charge in [0.2, 0.25) is 10.0 Å². The van der Waals surface area contributed by atoms with Crippen LogP contribution >= 0.6 is 0 Å². The maximum absolute atomic E-state index is 13.3. The van der Waals surface area contributed by atoms with Crippen LogP contribution in [0.3, 0.4) is 0 Å². The van der Waals surface area contributed by atoms with Crippen molar-refractivity contribution in [2.45, 2.75) is 43.7 Å². The zero-order chi connectivity index (χ0) is 28.3. The highest BCUT2D eigenvalue weighted by Crippen LogP contribution is 2.16. The molecular weight excluding hydrogens is 510 g/mol. The Morgan fingerprint density at radius 1 is 0.897 bits per heavy atom. The lowest BCUT2D eigenvalue weighted by Crippen LogP contribution is -2.45. The second-order valence-corrected chi connectivity index (χ2v) is 11.4. The minimum absolute atomic E-state index is 0.0833. The Kier molecular flexibility index (Phi) is 11.2. The van der Waals surface area contributed by atoms with Gasteiger partial charge >= 0.3 is 0 Å². The number of hydrogen-bond acceptors (Lipinski definition) is 5. The highest BCUT2D eigenvalue weighted by molar-refractivity contribution is 7.89. The van der Waals surface area contributed by atoms with E-state index in [-0.39, 0.29) is 16.6 Å². The molecule has 3 aromatic rings. The summed E-state index contributed by atoms with van der Waals surface area (Å²) < 4.78 is 27.5. The maximum atomic E-state index is 13.3. The van der Waals surface area contributed by atoms with E-state index in [0.29, 0.717) is 18.4 Å². The summed E-state index contributed by atoms with van der Waals surface area (Å²) in [5.41, 5.74) is 3.39. The quantitative estimate of drug-likeness (QED) is 0.284. The molecule has 0 aliphatic heterocycles. The lowest BCUT2D eigenvalue weighted by molar-refractivity contribution is -0.120. The van der Waals surface area contributed by atoms with Crippen molar-refractivity contribution >= 4 is 33.9 Å². The molecule has 0 spiro atoms. The van der Waals surface area contributed by atoms with Gasteiger partial charge in [0.1, 0.15) is 0 Å². The fourth-order valence-electron chi connectivity index (χ4n) is 4.06. The second-order valence-electron chi connectivity index (χ2n) is 9.67. The molecule has 0 saturated heterocycles. The van der Waals surface area contributed by atoms with Crippen LogP contribution in [0.2, 0.25) is 0 Å². The number of nitrogens with zero attached hydrogens (tertiary/aromatic N) is 1. The molecule has 0 fully saturated rings. The number of carbonyl (C=O) groups excluding carboxylic acids is 2. The van der Waals surface area contributed by atoms with Crippen LogP contribution < -0.4 is 10.0 Å². The number of hydrogen-bond donors (Lipinski definition) is 2. The summed E-state index contributed by atoms with van der Waals surface area (Å²) >= 11 is 0. The van der Waals surface area contributed by atoms with Gasteiger partial charge in [0.05, 0.1) is 17.5 Å². The van der Waals surface area contributed by atoms with E-state index < -0.39 is 22.6 Å². The van der Waals surface area contributed by atoms with Crippen molar-refractivity contribution in [2.24, 2.45) is 0 Å². The molecule has 1 unspecified atom stereocenters. The Labute approximate surface area is 232 Å². The molecule has 0 aliphatic rings. The van der Waals surface area contributed by atoms with Crippen molar-refractivity contribution in [3.8, 4) is 0 Å². The molecule has 39 heavy (non-hydrogen) atoms. The zero-order valence-electron chi connectivity index (χ0n) is 22.8. The average molecular weight is 548 g/mol. The van der Waals surface area contributed by atoms with Gasteiger partial charge in [-0.3, -0.25) is 9.59 Å². The monoisotopic (exact) mass is 547 g/mol. The van der Waals surface area contributed by atoms with E-state index in [1.54, 1.807) is 30.3 Å². The van der Waals surface area contributed by atoms with Crippen LogP contribution in [0, 0.1) is 0 Å². The first-order valence-corrected chi connectivity index (χ1v) is 14.6. The lowest BCUT2D eigenvalue weighted by Gasteiger charge is -2.19. The van der Waals surface area contributed by atoms with E-state index in [1.165, 1.54) is 17.7 Å². The molecule has 0 aliphatic carbocycles. The van der Waals surface area contributed by atoms with E-state index in [4.69, 9.17) is 0 Å². The molecule has 2 N–H and O–H groups in total. The average Bonchev–Trinajstić information content (AvgIpc) is 2.94. The Morgan fingerprint density at radius 2 is 1.56 bits per heavy atom. The Bertz CT molecular complexity index is 1370. The van der Waals surface area contributed by atoms with E-state index in [2.05, 4.69) is 27.1 Å². The number of nitrogens with one attached hydrogen (secondary N) is 2. The summed E-state index contributed by atoms with van der Waals surface area (Å²) in [7, 11) is 0.220. The number of ketones is 1. The standard InChI is InChI=1S/C31H37N3O4S/c1-4-5-15-29(30(35)22-32-39(37,38)27-12-7-6-8-13-27)33-31(36)28-14-10-9-11-26(28)21-20-24-16-18-25(19-17-24)23-34(2)3/h6-14,16-21,29,32H,4-5,15,22-23H2,1-3H3,(H,33,36). The van der Waals surface area contributed by atoms with Crippen LogP contribution in [0.15, 0.2) is 83.8 Å². The molecule has 0 radical (unpaired) electrons. The molecule has 0 bridgehead atoms. The fourth-order valence-corrected chi connectivity index (χ4v) is 5.08. The smallest absolute Gasteiger partial charge is 0.252 e. The summed E-state index contributed by atoms with van der Waals surface area (Å²) in [5.74, 6) is -0.765. The summed E-state index contributed by atoms with van der Waals surface area (Å²) in [6.07, 6.45) is 5.80. The molecule has 0 heterocycles. The maximum Gasteiger partial charge on any atom is 0.252 e. The number of Topliss-reactive ketones (excluding diaryl/α,β-unsaturated/α-hetero) is 1. The van der Waals surface area contributed by atoms with Crippen molar-refractivity contribution in [3.63, 3.8) is 0 Å². The van der Waals surface area contributed by atoms with Gasteiger partial charge < -0.3 is 10.2 Å². The summed E-state index contributed by atoms with van der Waals surface area (Å²) in [5, 5.41) is 2.85. The van der Waals surface area contributed by atoms with Crippen molar-refractivity contribution in [1.29, 1.82) is 0 Å². The van der Waals surface area contributed by atoms with E-state index in [9.17, 15) is 18.0 Å². The topological polar surface area (TPSA) is 95.6 Å². The third-order valence-electron chi connectivity index (χ3n) is 6.17. The highest BCUT2D eigenvalue weighted by Gasteiger charge is 2.24. The minimum Gasteiger partial charge on any atom is -0.342 e. The Hall–Kier alpha value is -3.59. The number of benzene rings is 3. The normalized spacial score (nSPS) is 12.5. The summed E-state index contributed by atoms with van der Waals surface area (Å²) in [6.45, 7) is 2.45. The highest BCUT2D eigenvalue weighted by atomic mass is 32.2. The third kappa shape index (κ3) is 9.28. The zero-order valence-corrected chi connectivity index (χ0v) is 23.6. The van der Waals surface area contributed by atoms with Gasteiger partial charge in [-0.15, -0.1) is 0 Å². The minimum atomic E-state index is -3.83. The van der Waals surface area contributed by atoms with Crippen LogP contribution in [-0.4, -0.2) is 51.7 Å².